The number of nitrogens with one attached hydrogen (secondary N) is 1. The third-order valence-corrected chi connectivity index (χ3v) is 6.43. The number of hydrogen-bond donors (Lipinski definition) is 1. The molecule has 0 aliphatic rings. The molecule has 0 saturated carbocycles. The molecular formula is C17H17ClN2O3S. The fraction of sp³-hybridized carbons (Fsp3) is 0.235. The van der Waals surface area contributed by atoms with Gasteiger partial charge in [0, 0.05) is 28.5 Å². The smallest absolute Gasteiger partial charge is 0.189 e. The Morgan fingerprint density at radius 3 is 2.75 bits per heavy atom. The molecule has 7 heteroatoms. The maximum atomic E-state index is 13.1. The van der Waals surface area contributed by atoms with Crippen LogP contribution in [-0.4, -0.2) is 18.6 Å². The molecule has 5 nitrogen and oxygen atoms in total. The van der Waals surface area contributed by atoms with E-state index in [2.05, 4.69) is 16.7 Å². The normalized spacial score (nSPS) is 13.3. The Hall–Kier alpha value is -2.05. The average Bonchev–Trinajstić information content (AvgIpc) is 3.12. The van der Waals surface area contributed by atoms with Crippen LogP contribution in [0, 0.1) is 13.8 Å². The molecule has 0 aliphatic carbocycles. The number of alkyl halides is 1. The van der Waals surface area contributed by atoms with Crippen molar-refractivity contribution < 1.29 is 12.9 Å². The Kier molecular flexibility index (Phi) is 4.27. The highest BCUT2D eigenvalue weighted by Crippen LogP contribution is 2.35. The van der Waals surface area contributed by atoms with E-state index in [1.165, 1.54) is 6.08 Å². The zero-order valence-electron chi connectivity index (χ0n) is 13.3. The molecular weight excluding hydrogens is 348 g/mol. The van der Waals surface area contributed by atoms with E-state index in [4.69, 9.17) is 16.1 Å². The molecule has 3 aromatic rings. The SMILES string of the molecule is C=CC(c1c(C)noc1C)S(=O)(=O)c1ccc2[nH]cc(CCl)c2c1. The number of aryl methyl sites for hydroxylation is 2. The van der Waals surface area contributed by atoms with Gasteiger partial charge in [-0.1, -0.05) is 11.2 Å². The fourth-order valence-corrected chi connectivity index (χ4v) is 4.84. The van der Waals surface area contributed by atoms with Crippen LogP contribution in [0.5, 0.6) is 0 Å². The first kappa shape index (κ1) is 16.8. The number of H-pyrrole nitrogens is 1. The molecule has 2 aromatic heterocycles. The Labute approximate surface area is 145 Å². The van der Waals surface area contributed by atoms with Crippen LogP contribution in [0.3, 0.4) is 0 Å². The second-order valence-electron chi connectivity index (χ2n) is 5.59. The van der Waals surface area contributed by atoms with Crippen molar-refractivity contribution in [2.75, 3.05) is 0 Å². The highest BCUT2D eigenvalue weighted by atomic mass is 35.5. The van der Waals surface area contributed by atoms with Crippen molar-refractivity contribution in [2.45, 2.75) is 29.9 Å². The van der Waals surface area contributed by atoms with E-state index < -0.39 is 15.1 Å². The lowest BCUT2D eigenvalue weighted by Gasteiger charge is -2.14. The zero-order chi connectivity index (χ0) is 17.5. The Balaban J connectivity index is 2.17. The van der Waals surface area contributed by atoms with Gasteiger partial charge in [-0.3, -0.25) is 0 Å². The summed E-state index contributed by atoms with van der Waals surface area (Å²) < 4.78 is 31.4. The predicted molar refractivity (Wildman–Crippen MR) is 94.0 cm³/mol. The minimum Gasteiger partial charge on any atom is -0.361 e. The number of sulfone groups is 1. The molecule has 1 atom stereocenters. The van der Waals surface area contributed by atoms with Crippen molar-refractivity contribution in [3.8, 4) is 0 Å². The van der Waals surface area contributed by atoms with Gasteiger partial charge in [0.1, 0.15) is 11.0 Å². The van der Waals surface area contributed by atoms with Crippen molar-refractivity contribution in [1.29, 1.82) is 0 Å². The first-order chi connectivity index (χ1) is 11.4. The third-order valence-electron chi connectivity index (χ3n) is 4.13. The van der Waals surface area contributed by atoms with Gasteiger partial charge in [0.05, 0.1) is 10.6 Å². The quantitative estimate of drug-likeness (QED) is 0.543. The van der Waals surface area contributed by atoms with Gasteiger partial charge in [-0.15, -0.1) is 18.2 Å². The second kappa shape index (κ2) is 6.11. The largest absolute Gasteiger partial charge is 0.361 e. The van der Waals surface area contributed by atoms with Crippen LogP contribution < -0.4 is 0 Å². The summed E-state index contributed by atoms with van der Waals surface area (Å²) in [4.78, 5) is 3.30. The number of nitrogens with zero attached hydrogens (tertiary/aromatic N) is 1. The molecule has 3 rings (SSSR count). The number of fused-ring (bicyclic) bond motifs is 1. The Morgan fingerprint density at radius 2 is 2.17 bits per heavy atom. The fourth-order valence-electron chi connectivity index (χ4n) is 2.89. The molecule has 1 unspecified atom stereocenters. The molecule has 0 radical (unpaired) electrons. The molecule has 0 fully saturated rings. The van der Waals surface area contributed by atoms with Crippen LogP contribution in [0.2, 0.25) is 0 Å². The minimum atomic E-state index is -3.69. The van der Waals surface area contributed by atoms with Crippen molar-refractivity contribution in [2.24, 2.45) is 0 Å². The summed E-state index contributed by atoms with van der Waals surface area (Å²) in [7, 11) is -3.69. The van der Waals surface area contributed by atoms with Crippen LogP contribution in [-0.2, 0) is 15.7 Å². The molecule has 126 valence electrons. The summed E-state index contributed by atoms with van der Waals surface area (Å²) in [6.45, 7) is 7.12. The Bertz CT molecular complexity index is 998. The highest BCUT2D eigenvalue weighted by molar-refractivity contribution is 7.91. The Morgan fingerprint density at radius 1 is 1.42 bits per heavy atom. The van der Waals surface area contributed by atoms with Gasteiger partial charge < -0.3 is 9.51 Å². The monoisotopic (exact) mass is 364 g/mol. The van der Waals surface area contributed by atoms with Crippen LogP contribution >= 0.6 is 11.6 Å². The lowest BCUT2D eigenvalue weighted by molar-refractivity contribution is 0.392. The van der Waals surface area contributed by atoms with Gasteiger partial charge in [0.2, 0.25) is 0 Å². The van der Waals surface area contributed by atoms with Crippen LogP contribution in [0.4, 0.5) is 0 Å². The highest BCUT2D eigenvalue weighted by Gasteiger charge is 2.31. The summed E-state index contributed by atoms with van der Waals surface area (Å²) in [5, 5.41) is 3.73. The summed E-state index contributed by atoms with van der Waals surface area (Å²) in [5.41, 5.74) is 2.79. The molecule has 0 amide bonds. The van der Waals surface area contributed by atoms with Gasteiger partial charge in [-0.25, -0.2) is 8.42 Å². The summed E-state index contributed by atoms with van der Waals surface area (Å²) in [6.07, 6.45) is 3.19. The van der Waals surface area contributed by atoms with E-state index in [0.29, 0.717) is 22.9 Å². The van der Waals surface area contributed by atoms with Gasteiger partial charge >= 0.3 is 0 Å². The number of aromatic amines is 1. The maximum absolute atomic E-state index is 13.1. The number of benzene rings is 1. The number of halogens is 1. The molecule has 2 heterocycles. The van der Waals surface area contributed by atoms with Crippen LogP contribution in [0.15, 0.2) is 46.5 Å². The van der Waals surface area contributed by atoms with E-state index in [-0.39, 0.29) is 4.90 Å². The van der Waals surface area contributed by atoms with Crippen LogP contribution in [0.25, 0.3) is 10.9 Å². The van der Waals surface area contributed by atoms with Crippen molar-refractivity contribution >= 4 is 32.3 Å². The standard InChI is InChI=1S/C17H17ClN2O3S/c1-4-16(17-10(2)20-23-11(17)3)24(21,22)13-5-6-15-14(7-13)12(8-18)9-19-15/h4-7,9,16,19H,1,8H2,2-3H3. The van der Waals surface area contributed by atoms with Crippen LogP contribution in [0.1, 0.15) is 27.8 Å². The number of hydrogen-bond acceptors (Lipinski definition) is 4. The number of aromatic nitrogens is 2. The van der Waals surface area contributed by atoms with Crippen molar-refractivity contribution in [3.63, 3.8) is 0 Å². The molecule has 0 saturated heterocycles. The average molecular weight is 365 g/mol. The summed E-state index contributed by atoms with van der Waals surface area (Å²) >= 11 is 5.92. The zero-order valence-corrected chi connectivity index (χ0v) is 14.9. The van der Waals surface area contributed by atoms with E-state index in [0.717, 1.165) is 16.5 Å². The molecule has 1 N–H and O–H groups in total. The maximum Gasteiger partial charge on any atom is 0.189 e. The topological polar surface area (TPSA) is 76.0 Å². The molecule has 0 aliphatic heterocycles. The van der Waals surface area contributed by atoms with Gasteiger partial charge in [0.15, 0.2) is 9.84 Å². The van der Waals surface area contributed by atoms with Gasteiger partial charge in [0.25, 0.3) is 0 Å². The van der Waals surface area contributed by atoms with E-state index in [1.54, 1.807) is 38.2 Å². The summed E-state index contributed by atoms with van der Waals surface area (Å²) in [6, 6.07) is 4.97. The first-order valence-corrected chi connectivity index (χ1v) is 9.43. The minimum absolute atomic E-state index is 0.214. The lowest BCUT2D eigenvalue weighted by atomic mass is 10.1. The van der Waals surface area contributed by atoms with Gasteiger partial charge in [-0.2, -0.15) is 0 Å². The third kappa shape index (κ3) is 2.56. The van der Waals surface area contributed by atoms with Crippen molar-refractivity contribution in [3.05, 3.63) is 59.6 Å². The van der Waals surface area contributed by atoms with E-state index in [9.17, 15) is 8.42 Å². The van der Waals surface area contributed by atoms with Crippen molar-refractivity contribution in [1.82, 2.24) is 10.1 Å². The van der Waals surface area contributed by atoms with Gasteiger partial charge in [-0.05, 0) is 37.6 Å². The number of rotatable bonds is 5. The molecule has 1 aromatic carbocycles. The molecule has 24 heavy (non-hydrogen) atoms. The first-order valence-electron chi connectivity index (χ1n) is 7.35. The second-order valence-corrected chi connectivity index (χ2v) is 7.93. The predicted octanol–water partition coefficient (Wildman–Crippen LogP) is 4.21. The van der Waals surface area contributed by atoms with E-state index >= 15 is 0 Å². The molecule has 0 bridgehead atoms. The lowest BCUT2D eigenvalue weighted by Crippen LogP contribution is -2.13. The summed E-state index contributed by atoms with van der Waals surface area (Å²) in [5.74, 6) is 0.781. The molecule has 0 spiro atoms. The van der Waals surface area contributed by atoms with E-state index in [1.807, 2.05) is 0 Å².